The van der Waals surface area contributed by atoms with Crippen LogP contribution < -0.4 is 11.3 Å². The van der Waals surface area contributed by atoms with Crippen LogP contribution in [0.15, 0.2) is 15.1 Å². The zero-order chi connectivity index (χ0) is 14.9. The van der Waals surface area contributed by atoms with Gasteiger partial charge in [0.15, 0.2) is 0 Å². The number of hydrazine groups is 1. The maximum Gasteiger partial charge on any atom is 0.106 e. The second-order valence-corrected chi connectivity index (χ2v) is 5.81. The van der Waals surface area contributed by atoms with Crippen molar-refractivity contribution in [1.29, 1.82) is 0 Å². The summed E-state index contributed by atoms with van der Waals surface area (Å²) in [5, 5.41) is 4.41. The Balaban J connectivity index is 2.55. The van der Waals surface area contributed by atoms with E-state index in [1.165, 1.54) is 0 Å². The predicted octanol–water partition coefficient (Wildman–Crippen LogP) is 3.13. The van der Waals surface area contributed by atoms with Gasteiger partial charge in [0.25, 0.3) is 0 Å². The van der Waals surface area contributed by atoms with Crippen LogP contribution in [0.4, 0.5) is 0 Å². The third-order valence-electron chi connectivity index (χ3n) is 3.62. The second kappa shape index (κ2) is 6.11. The molecule has 0 aliphatic carbocycles. The minimum Gasteiger partial charge on any atom is -0.466 e. The molecule has 5 nitrogen and oxygen atoms in total. The summed E-state index contributed by atoms with van der Waals surface area (Å²) in [7, 11) is 0. The highest BCUT2D eigenvalue weighted by Crippen LogP contribution is 2.34. The van der Waals surface area contributed by atoms with Crippen molar-refractivity contribution in [1.82, 2.24) is 15.2 Å². The molecule has 0 aromatic carbocycles. The lowest BCUT2D eigenvalue weighted by molar-refractivity contribution is 0.484. The van der Waals surface area contributed by atoms with E-state index in [1.54, 1.807) is 0 Å². The molecule has 3 N–H and O–H groups in total. The molecule has 0 spiro atoms. The van der Waals surface area contributed by atoms with Crippen molar-refractivity contribution in [3.8, 4) is 0 Å². The van der Waals surface area contributed by atoms with Crippen molar-refractivity contribution in [2.45, 2.75) is 46.7 Å². The monoisotopic (exact) mass is 340 g/mol. The van der Waals surface area contributed by atoms with Crippen LogP contribution in [0.2, 0.25) is 0 Å². The Morgan fingerprint density at radius 1 is 1.40 bits per heavy atom. The van der Waals surface area contributed by atoms with Crippen LogP contribution in [-0.4, -0.2) is 9.78 Å². The fourth-order valence-corrected chi connectivity index (χ4v) is 3.11. The number of rotatable bonds is 5. The lowest BCUT2D eigenvalue weighted by Crippen LogP contribution is -2.31. The number of furan rings is 1. The second-order valence-electron chi connectivity index (χ2n) is 4.95. The summed E-state index contributed by atoms with van der Waals surface area (Å²) in [5.41, 5.74) is 6.15. The third-order valence-corrected chi connectivity index (χ3v) is 4.23. The van der Waals surface area contributed by atoms with Crippen LogP contribution >= 0.6 is 15.9 Å². The molecule has 0 saturated carbocycles. The van der Waals surface area contributed by atoms with Gasteiger partial charge in [0.2, 0.25) is 0 Å². The van der Waals surface area contributed by atoms with Crippen molar-refractivity contribution in [2.24, 2.45) is 5.84 Å². The van der Waals surface area contributed by atoms with Gasteiger partial charge in [-0.15, -0.1) is 0 Å². The first kappa shape index (κ1) is 15.3. The molecular formula is C14H21BrN4O. The fraction of sp³-hybridized carbons (Fsp3) is 0.500. The van der Waals surface area contributed by atoms with Gasteiger partial charge in [-0.2, -0.15) is 5.10 Å². The van der Waals surface area contributed by atoms with Gasteiger partial charge in [0, 0.05) is 12.1 Å². The van der Waals surface area contributed by atoms with Crippen LogP contribution in [0.1, 0.15) is 47.7 Å². The van der Waals surface area contributed by atoms with Crippen LogP contribution in [0.5, 0.6) is 0 Å². The zero-order valence-electron chi connectivity index (χ0n) is 12.3. The normalized spacial score (nSPS) is 12.9. The number of aryl methyl sites for hydroxylation is 3. The average Bonchev–Trinajstić information content (AvgIpc) is 2.87. The molecule has 1 atom stereocenters. The standard InChI is InChI=1S/C14H21BrN4O/c1-5-6-19-14(11(15)7-17-19)13(18-16)12-8(2)9(3)20-10(12)4/h7,13,18H,5-6,16H2,1-4H3. The molecule has 0 amide bonds. The molecule has 1 unspecified atom stereocenters. The van der Waals surface area contributed by atoms with E-state index in [9.17, 15) is 0 Å². The number of hydrogen-bond donors (Lipinski definition) is 2. The first-order chi connectivity index (χ1) is 9.51. The molecule has 6 heteroatoms. The van der Waals surface area contributed by atoms with Crippen LogP contribution in [0.25, 0.3) is 0 Å². The van der Waals surface area contributed by atoms with E-state index < -0.39 is 0 Å². The fourth-order valence-electron chi connectivity index (χ4n) is 2.58. The van der Waals surface area contributed by atoms with Crippen LogP contribution in [0.3, 0.4) is 0 Å². The SMILES string of the molecule is CCCn1ncc(Br)c1C(NN)c1c(C)oc(C)c1C. The quantitative estimate of drug-likeness (QED) is 0.648. The van der Waals surface area contributed by atoms with E-state index in [0.29, 0.717) is 0 Å². The van der Waals surface area contributed by atoms with E-state index >= 15 is 0 Å². The molecule has 2 heterocycles. The van der Waals surface area contributed by atoms with E-state index in [2.05, 4.69) is 40.3 Å². The Bertz CT molecular complexity index is 603. The van der Waals surface area contributed by atoms with Crippen molar-refractivity contribution in [2.75, 3.05) is 0 Å². The summed E-state index contributed by atoms with van der Waals surface area (Å²) in [6.45, 7) is 8.97. The highest BCUT2D eigenvalue weighted by atomic mass is 79.9. The highest BCUT2D eigenvalue weighted by molar-refractivity contribution is 9.10. The Morgan fingerprint density at radius 3 is 2.60 bits per heavy atom. The van der Waals surface area contributed by atoms with Crippen molar-refractivity contribution >= 4 is 15.9 Å². The van der Waals surface area contributed by atoms with Gasteiger partial charge in [-0.05, 0) is 48.7 Å². The van der Waals surface area contributed by atoms with Crippen molar-refractivity contribution in [3.05, 3.63) is 39.0 Å². The summed E-state index contributed by atoms with van der Waals surface area (Å²) in [6.07, 6.45) is 2.83. The number of nitrogens with one attached hydrogen (secondary N) is 1. The molecule has 0 bridgehead atoms. The van der Waals surface area contributed by atoms with Gasteiger partial charge in [-0.25, -0.2) is 5.43 Å². The first-order valence-corrected chi connectivity index (χ1v) is 7.54. The number of nitrogens with two attached hydrogens (primary N) is 1. The molecule has 0 radical (unpaired) electrons. The van der Waals surface area contributed by atoms with Gasteiger partial charge in [-0.1, -0.05) is 6.92 Å². The Morgan fingerprint density at radius 2 is 2.10 bits per heavy atom. The Labute approximate surface area is 127 Å². The van der Waals surface area contributed by atoms with Crippen LogP contribution in [-0.2, 0) is 6.54 Å². The van der Waals surface area contributed by atoms with Gasteiger partial charge >= 0.3 is 0 Å². The molecule has 110 valence electrons. The van der Waals surface area contributed by atoms with Crippen molar-refractivity contribution < 1.29 is 4.42 Å². The van der Waals surface area contributed by atoms with Gasteiger partial charge in [0.1, 0.15) is 11.5 Å². The number of aromatic nitrogens is 2. The average molecular weight is 341 g/mol. The summed E-state index contributed by atoms with van der Waals surface area (Å²) in [4.78, 5) is 0. The molecule has 0 aliphatic rings. The van der Waals surface area contributed by atoms with Gasteiger partial charge in [-0.3, -0.25) is 10.5 Å². The molecular weight excluding hydrogens is 320 g/mol. The van der Waals surface area contributed by atoms with E-state index in [4.69, 9.17) is 10.3 Å². The molecule has 2 aromatic rings. The van der Waals surface area contributed by atoms with Crippen molar-refractivity contribution in [3.63, 3.8) is 0 Å². The third kappa shape index (κ3) is 2.55. The molecule has 2 aromatic heterocycles. The lowest BCUT2D eigenvalue weighted by Gasteiger charge is -2.19. The maximum absolute atomic E-state index is 5.82. The number of hydrogen-bond acceptors (Lipinski definition) is 4. The number of halogens is 1. The van der Waals surface area contributed by atoms with Crippen LogP contribution in [0, 0.1) is 20.8 Å². The van der Waals surface area contributed by atoms with Gasteiger partial charge in [0.05, 0.1) is 22.4 Å². The maximum atomic E-state index is 5.82. The predicted molar refractivity (Wildman–Crippen MR) is 82.3 cm³/mol. The summed E-state index contributed by atoms with van der Waals surface area (Å²) >= 11 is 3.57. The Kier molecular flexibility index (Phi) is 4.67. The van der Waals surface area contributed by atoms with E-state index in [1.807, 2.05) is 24.7 Å². The molecule has 0 saturated heterocycles. The molecule has 0 aliphatic heterocycles. The molecule has 20 heavy (non-hydrogen) atoms. The summed E-state index contributed by atoms with van der Waals surface area (Å²) < 4.78 is 8.66. The van der Waals surface area contributed by atoms with E-state index in [0.717, 1.165) is 45.8 Å². The lowest BCUT2D eigenvalue weighted by atomic mass is 10.00. The minimum atomic E-state index is -0.143. The molecule has 0 fully saturated rings. The minimum absolute atomic E-state index is 0.143. The summed E-state index contributed by atoms with van der Waals surface area (Å²) in [5.74, 6) is 7.64. The number of nitrogens with zero attached hydrogens (tertiary/aromatic N) is 2. The summed E-state index contributed by atoms with van der Waals surface area (Å²) in [6, 6.07) is -0.143. The smallest absolute Gasteiger partial charge is 0.106 e. The highest BCUT2D eigenvalue weighted by Gasteiger charge is 2.26. The molecule has 2 rings (SSSR count). The van der Waals surface area contributed by atoms with Gasteiger partial charge < -0.3 is 4.42 Å². The first-order valence-electron chi connectivity index (χ1n) is 6.75. The Hall–Kier alpha value is -1.11. The largest absolute Gasteiger partial charge is 0.466 e. The van der Waals surface area contributed by atoms with E-state index in [-0.39, 0.29) is 6.04 Å². The topological polar surface area (TPSA) is 69.0 Å². The zero-order valence-corrected chi connectivity index (χ0v) is 13.9.